The summed E-state index contributed by atoms with van der Waals surface area (Å²) < 4.78 is 14.1. The van der Waals surface area contributed by atoms with Crippen LogP contribution in [0.1, 0.15) is 25.2 Å². The lowest BCUT2D eigenvalue weighted by Crippen LogP contribution is -2.32. The number of carbonyl (C=O) groups excluding carboxylic acids is 2. The monoisotopic (exact) mass is 532 g/mol. The van der Waals surface area contributed by atoms with Crippen molar-refractivity contribution in [1.29, 1.82) is 0 Å². The number of nitrogens with one attached hydrogen (secondary N) is 2. The van der Waals surface area contributed by atoms with Crippen LogP contribution in [0.25, 0.3) is 11.0 Å². The SMILES string of the molecule is CSC(Cc1ccc(OCc2nc3ccc(Oc4cccc(NC(C)C)c4)cc3n2C)cc1)C(=O)NC=O. The van der Waals surface area contributed by atoms with Gasteiger partial charge in [0.1, 0.15) is 29.7 Å². The predicted molar refractivity (Wildman–Crippen MR) is 152 cm³/mol. The average Bonchev–Trinajstić information content (AvgIpc) is 3.21. The number of amides is 2. The molecule has 1 atom stereocenters. The van der Waals surface area contributed by atoms with E-state index in [0.717, 1.165) is 39.6 Å². The van der Waals surface area contributed by atoms with Crippen molar-refractivity contribution in [3.63, 3.8) is 0 Å². The van der Waals surface area contributed by atoms with Gasteiger partial charge in [-0.2, -0.15) is 11.8 Å². The van der Waals surface area contributed by atoms with Crippen LogP contribution in [0.15, 0.2) is 66.7 Å². The molecule has 0 fully saturated rings. The third-order valence-electron chi connectivity index (χ3n) is 5.96. The molecule has 38 heavy (non-hydrogen) atoms. The number of rotatable bonds is 12. The summed E-state index contributed by atoms with van der Waals surface area (Å²) in [6.45, 7) is 4.50. The molecule has 0 bridgehead atoms. The molecular formula is C29H32N4O4S. The number of hydrogen-bond donors (Lipinski definition) is 2. The maximum atomic E-state index is 12.0. The molecule has 4 rings (SSSR count). The third-order valence-corrected chi connectivity index (χ3v) is 6.91. The minimum Gasteiger partial charge on any atom is -0.486 e. The molecule has 1 unspecified atom stereocenters. The summed E-state index contributed by atoms with van der Waals surface area (Å²) in [5, 5.41) is 5.28. The molecule has 3 aromatic carbocycles. The number of fused-ring (bicyclic) bond motifs is 1. The van der Waals surface area contributed by atoms with Gasteiger partial charge in [0, 0.05) is 30.9 Å². The summed E-state index contributed by atoms with van der Waals surface area (Å²) in [5.74, 6) is 2.70. The first kappa shape index (κ1) is 27.1. The van der Waals surface area contributed by atoms with E-state index in [1.165, 1.54) is 11.8 Å². The highest BCUT2D eigenvalue weighted by Crippen LogP contribution is 2.28. The van der Waals surface area contributed by atoms with Crippen LogP contribution in [0.5, 0.6) is 17.2 Å². The van der Waals surface area contributed by atoms with Gasteiger partial charge in [-0.25, -0.2) is 4.98 Å². The second-order valence-corrected chi connectivity index (χ2v) is 10.2. The lowest BCUT2D eigenvalue weighted by molar-refractivity contribution is -0.124. The fourth-order valence-electron chi connectivity index (χ4n) is 4.05. The van der Waals surface area contributed by atoms with Crippen LogP contribution < -0.4 is 20.1 Å². The summed E-state index contributed by atoms with van der Waals surface area (Å²) in [6, 6.07) is 21.7. The van der Waals surface area contributed by atoms with E-state index in [1.54, 1.807) is 0 Å². The summed E-state index contributed by atoms with van der Waals surface area (Å²) in [5.41, 5.74) is 3.81. The number of aryl methyl sites for hydroxylation is 1. The normalized spacial score (nSPS) is 11.8. The zero-order chi connectivity index (χ0) is 27.1. The molecule has 198 valence electrons. The molecule has 0 saturated heterocycles. The number of carbonyl (C=O) groups is 2. The highest BCUT2D eigenvalue weighted by Gasteiger charge is 2.17. The Labute approximate surface area is 226 Å². The van der Waals surface area contributed by atoms with Gasteiger partial charge >= 0.3 is 0 Å². The fraction of sp³-hybridized carbons (Fsp3) is 0.276. The molecule has 1 heterocycles. The average molecular weight is 533 g/mol. The van der Waals surface area contributed by atoms with Gasteiger partial charge in [0.15, 0.2) is 0 Å². The van der Waals surface area contributed by atoms with Gasteiger partial charge < -0.3 is 19.4 Å². The van der Waals surface area contributed by atoms with Crippen molar-refractivity contribution in [1.82, 2.24) is 14.9 Å². The molecule has 0 saturated carbocycles. The van der Waals surface area contributed by atoms with E-state index >= 15 is 0 Å². The topological polar surface area (TPSA) is 94.5 Å². The van der Waals surface area contributed by atoms with Gasteiger partial charge in [-0.1, -0.05) is 18.2 Å². The number of hydrogen-bond acceptors (Lipinski definition) is 7. The van der Waals surface area contributed by atoms with Crippen LogP contribution in [0.4, 0.5) is 5.69 Å². The molecule has 8 nitrogen and oxygen atoms in total. The van der Waals surface area contributed by atoms with Crippen molar-refractivity contribution < 1.29 is 19.1 Å². The van der Waals surface area contributed by atoms with Crippen molar-refractivity contribution in [3.05, 3.63) is 78.1 Å². The Bertz CT molecular complexity index is 1400. The van der Waals surface area contributed by atoms with Crippen LogP contribution in [0.3, 0.4) is 0 Å². The first-order chi connectivity index (χ1) is 18.4. The number of imidazole rings is 1. The zero-order valence-electron chi connectivity index (χ0n) is 21.9. The van der Waals surface area contributed by atoms with Gasteiger partial charge in [-0.15, -0.1) is 0 Å². The summed E-state index contributed by atoms with van der Waals surface area (Å²) in [7, 11) is 1.96. The molecule has 4 aromatic rings. The maximum absolute atomic E-state index is 12.0. The van der Waals surface area contributed by atoms with E-state index < -0.39 is 0 Å². The molecule has 9 heteroatoms. The van der Waals surface area contributed by atoms with Gasteiger partial charge in [0.05, 0.1) is 16.3 Å². The van der Waals surface area contributed by atoms with Gasteiger partial charge in [-0.3, -0.25) is 14.9 Å². The van der Waals surface area contributed by atoms with Crippen LogP contribution >= 0.6 is 11.8 Å². The Balaban J connectivity index is 1.40. The molecular weight excluding hydrogens is 500 g/mol. The Morgan fingerprint density at radius 1 is 1.05 bits per heavy atom. The molecule has 2 amide bonds. The Hall–Kier alpha value is -3.98. The number of aromatic nitrogens is 2. The second kappa shape index (κ2) is 12.5. The first-order valence-electron chi connectivity index (χ1n) is 12.3. The number of imide groups is 1. The minimum absolute atomic E-state index is 0.292. The molecule has 2 N–H and O–H groups in total. The van der Waals surface area contributed by atoms with Crippen LogP contribution in [0, 0.1) is 0 Å². The lowest BCUT2D eigenvalue weighted by Gasteiger charge is -2.13. The molecule has 0 spiro atoms. The molecule has 0 aliphatic carbocycles. The number of anilines is 1. The molecule has 0 aliphatic rings. The Morgan fingerprint density at radius 3 is 2.50 bits per heavy atom. The van der Waals surface area contributed by atoms with Crippen LogP contribution in [-0.2, 0) is 29.7 Å². The zero-order valence-corrected chi connectivity index (χ0v) is 22.7. The van der Waals surface area contributed by atoms with Crippen LogP contribution in [0.2, 0.25) is 0 Å². The van der Waals surface area contributed by atoms with Gasteiger partial charge in [0.25, 0.3) is 0 Å². The number of benzene rings is 3. The molecule has 0 aliphatic heterocycles. The number of nitrogens with zero attached hydrogens (tertiary/aromatic N) is 2. The second-order valence-electron chi connectivity index (χ2n) is 9.15. The van der Waals surface area contributed by atoms with E-state index in [2.05, 4.69) is 24.5 Å². The smallest absolute Gasteiger partial charge is 0.239 e. The minimum atomic E-state index is -0.332. The fourth-order valence-corrected chi connectivity index (χ4v) is 4.69. The van der Waals surface area contributed by atoms with Crippen molar-refractivity contribution >= 4 is 40.8 Å². The highest BCUT2D eigenvalue weighted by atomic mass is 32.2. The van der Waals surface area contributed by atoms with Gasteiger partial charge in [-0.05, 0) is 68.5 Å². The standard InChI is InChI=1S/C29H32N4O4S/c1-19(2)31-21-6-5-7-23(15-21)37-24-12-13-25-26(16-24)33(3)28(32-25)17-36-22-10-8-20(9-11-22)14-27(38-4)29(35)30-18-34/h5-13,15-16,18-19,27,31H,14,17H2,1-4H3,(H,30,34,35). The highest BCUT2D eigenvalue weighted by molar-refractivity contribution is 7.99. The maximum Gasteiger partial charge on any atom is 0.239 e. The van der Waals surface area contributed by atoms with E-state index in [1.807, 2.05) is 84.6 Å². The van der Waals surface area contributed by atoms with Crippen LogP contribution in [-0.4, -0.2) is 39.4 Å². The van der Waals surface area contributed by atoms with E-state index in [4.69, 9.17) is 14.5 Å². The lowest BCUT2D eigenvalue weighted by atomic mass is 10.1. The molecule has 1 aromatic heterocycles. The summed E-state index contributed by atoms with van der Waals surface area (Å²) in [4.78, 5) is 27.2. The molecule has 0 radical (unpaired) electrons. The summed E-state index contributed by atoms with van der Waals surface area (Å²) >= 11 is 1.41. The van der Waals surface area contributed by atoms with Gasteiger partial charge in [0.2, 0.25) is 12.3 Å². The van der Waals surface area contributed by atoms with Crippen molar-refractivity contribution in [3.8, 4) is 17.2 Å². The number of thioether (sulfide) groups is 1. The van der Waals surface area contributed by atoms with Crippen molar-refractivity contribution in [2.75, 3.05) is 11.6 Å². The first-order valence-corrected chi connectivity index (χ1v) is 13.6. The predicted octanol–water partition coefficient (Wildman–Crippen LogP) is 5.31. The van der Waals surface area contributed by atoms with E-state index in [-0.39, 0.29) is 11.2 Å². The quantitative estimate of drug-likeness (QED) is 0.239. The Morgan fingerprint density at radius 2 is 1.79 bits per heavy atom. The van der Waals surface area contributed by atoms with Crippen molar-refractivity contribution in [2.45, 2.75) is 38.2 Å². The van der Waals surface area contributed by atoms with Crippen molar-refractivity contribution in [2.24, 2.45) is 7.05 Å². The largest absolute Gasteiger partial charge is 0.486 e. The summed E-state index contributed by atoms with van der Waals surface area (Å²) in [6.07, 6.45) is 2.79. The number of ether oxygens (including phenoxy) is 2. The third kappa shape index (κ3) is 6.86. The van der Waals surface area contributed by atoms with E-state index in [9.17, 15) is 9.59 Å². The Kier molecular flexibility index (Phi) is 8.91. The van der Waals surface area contributed by atoms with E-state index in [0.29, 0.717) is 31.2 Å².